The average Bonchev–Trinajstić information content (AvgIpc) is 3.01. The van der Waals surface area contributed by atoms with Crippen LogP contribution in [0.4, 0.5) is 5.69 Å². The molecule has 0 fully saturated rings. The molecule has 6 nitrogen and oxygen atoms in total. The molecule has 0 spiro atoms. The number of hydrogen-bond acceptors (Lipinski definition) is 6. The normalized spacial score (nSPS) is 15.7. The second-order valence-corrected chi connectivity index (χ2v) is 10.6. The number of benzene rings is 2. The fraction of sp³-hybridized carbons (Fsp3) is 0.231. The van der Waals surface area contributed by atoms with Crippen molar-refractivity contribution < 1.29 is 4.79 Å². The molecule has 0 radical (unpaired) electrons. The number of pyridine rings is 1. The van der Waals surface area contributed by atoms with Crippen LogP contribution in [0.1, 0.15) is 18.9 Å². The Kier molecular flexibility index (Phi) is 6.43. The highest BCUT2D eigenvalue weighted by molar-refractivity contribution is 8.00. The fourth-order valence-corrected chi connectivity index (χ4v) is 6.04. The third kappa shape index (κ3) is 4.35. The van der Waals surface area contributed by atoms with Gasteiger partial charge in [0.25, 0.3) is 5.56 Å². The Morgan fingerprint density at radius 2 is 1.91 bits per heavy atom. The first-order chi connectivity index (χ1) is 16.5. The van der Waals surface area contributed by atoms with Crippen molar-refractivity contribution in [3.05, 3.63) is 82.8 Å². The Labute approximate surface area is 206 Å². The van der Waals surface area contributed by atoms with E-state index in [1.807, 2.05) is 60.4 Å². The molecule has 34 heavy (non-hydrogen) atoms. The zero-order chi connectivity index (χ0) is 23.7. The molecule has 4 aromatic rings. The highest BCUT2D eigenvalue weighted by Gasteiger charge is 2.25. The molecule has 1 aliphatic heterocycles. The number of carbonyl (C=O) groups is 1. The zero-order valence-electron chi connectivity index (χ0n) is 19.0. The van der Waals surface area contributed by atoms with Crippen molar-refractivity contribution >= 4 is 46.0 Å². The number of hydrogen-bond donors (Lipinski definition) is 0. The Morgan fingerprint density at radius 1 is 1.12 bits per heavy atom. The van der Waals surface area contributed by atoms with E-state index < -0.39 is 0 Å². The largest absolute Gasteiger partial charge is 0.311 e. The topological polar surface area (TPSA) is 68.1 Å². The van der Waals surface area contributed by atoms with E-state index in [9.17, 15) is 9.59 Å². The molecule has 1 atom stereocenters. The van der Waals surface area contributed by atoms with Gasteiger partial charge in [-0.1, -0.05) is 49.0 Å². The molecule has 0 aliphatic carbocycles. The molecule has 1 aliphatic rings. The molecule has 0 saturated heterocycles. The molecule has 8 heteroatoms. The van der Waals surface area contributed by atoms with Crippen LogP contribution in [0, 0.1) is 6.92 Å². The van der Waals surface area contributed by atoms with Gasteiger partial charge in [0.05, 0.1) is 22.3 Å². The quantitative estimate of drug-likeness (QED) is 0.294. The smallest absolute Gasteiger partial charge is 0.267 e. The van der Waals surface area contributed by atoms with Crippen LogP contribution in [-0.2, 0) is 4.79 Å². The summed E-state index contributed by atoms with van der Waals surface area (Å²) in [5.41, 5.74) is 2.24. The summed E-state index contributed by atoms with van der Waals surface area (Å²) in [5, 5.41) is 1.42. The van der Waals surface area contributed by atoms with Gasteiger partial charge in [-0.2, -0.15) is 0 Å². The van der Waals surface area contributed by atoms with E-state index in [4.69, 9.17) is 4.98 Å². The van der Waals surface area contributed by atoms with Gasteiger partial charge in [0, 0.05) is 22.9 Å². The molecular weight excluding hydrogens is 464 g/mol. The molecule has 0 saturated carbocycles. The van der Waals surface area contributed by atoms with Crippen molar-refractivity contribution in [2.45, 2.75) is 35.6 Å². The van der Waals surface area contributed by atoms with Crippen LogP contribution in [0.2, 0.25) is 0 Å². The maximum absolute atomic E-state index is 13.5. The number of rotatable bonds is 4. The molecule has 0 bridgehead atoms. The molecule has 3 heterocycles. The first-order valence-electron chi connectivity index (χ1n) is 11.2. The van der Waals surface area contributed by atoms with E-state index in [1.54, 1.807) is 24.0 Å². The standard InChI is InChI=1S/C26H24N4O2S2/c1-17-8-7-14-27-24(17)30-25(32)19-9-3-4-10-20(19)28-26(30)33-16-23(31)29-15-13-18(2)34-22-12-6-5-11-21(22)29/h3-12,14,18H,13,15-16H2,1-2H3. The number of nitrogens with zero attached hydrogens (tertiary/aromatic N) is 4. The summed E-state index contributed by atoms with van der Waals surface area (Å²) < 4.78 is 1.53. The van der Waals surface area contributed by atoms with Crippen LogP contribution in [-0.4, -0.2) is 38.0 Å². The SMILES string of the molecule is Cc1cccnc1-n1c(SCC(=O)N2CCC(C)Sc3ccccc32)nc2ccccc2c1=O. The molecule has 1 amide bonds. The molecule has 1 unspecified atom stereocenters. The summed E-state index contributed by atoms with van der Waals surface area (Å²) >= 11 is 3.08. The van der Waals surface area contributed by atoms with Gasteiger partial charge in [0.15, 0.2) is 5.16 Å². The van der Waals surface area contributed by atoms with Crippen LogP contribution in [0.15, 0.2) is 81.7 Å². The molecule has 5 rings (SSSR count). The van der Waals surface area contributed by atoms with Gasteiger partial charge in [0.2, 0.25) is 5.91 Å². The third-order valence-electron chi connectivity index (χ3n) is 5.81. The first-order valence-corrected chi connectivity index (χ1v) is 13.0. The Hall–Kier alpha value is -3.10. The predicted molar refractivity (Wildman–Crippen MR) is 139 cm³/mol. The zero-order valence-corrected chi connectivity index (χ0v) is 20.6. The van der Waals surface area contributed by atoms with E-state index in [0.29, 0.717) is 33.7 Å². The monoisotopic (exact) mass is 488 g/mol. The number of para-hydroxylation sites is 2. The minimum atomic E-state index is -0.187. The summed E-state index contributed by atoms with van der Waals surface area (Å²) in [6.07, 6.45) is 2.58. The number of carbonyl (C=O) groups excluding carboxylic acids is 1. The number of amides is 1. The summed E-state index contributed by atoms with van der Waals surface area (Å²) in [7, 11) is 0. The van der Waals surface area contributed by atoms with E-state index in [0.717, 1.165) is 22.6 Å². The summed E-state index contributed by atoms with van der Waals surface area (Å²) in [6.45, 7) is 4.77. The van der Waals surface area contributed by atoms with Gasteiger partial charge in [-0.15, -0.1) is 11.8 Å². The van der Waals surface area contributed by atoms with E-state index >= 15 is 0 Å². The van der Waals surface area contributed by atoms with Crippen molar-refractivity contribution in [1.82, 2.24) is 14.5 Å². The predicted octanol–water partition coefficient (Wildman–Crippen LogP) is 5.10. The maximum Gasteiger partial charge on any atom is 0.267 e. The number of aromatic nitrogens is 3. The molecule has 0 N–H and O–H groups in total. The minimum Gasteiger partial charge on any atom is -0.311 e. The summed E-state index contributed by atoms with van der Waals surface area (Å²) in [6, 6.07) is 19.1. The molecule has 2 aromatic heterocycles. The lowest BCUT2D eigenvalue weighted by Crippen LogP contribution is -2.34. The van der Waals surface area contributed by atoms with Crippen LogP contribution >= 0.6 is 23.5 Å². The van der Waals surface area contributed by atoms with Crippen molar-refractivity contribution in [2.75, 3.05) is 17.2 Å². The Morgan fingerprint density at radius 3 is 2.76 bits per heavy atom. The number of anilines is 1. The van der Waals surface area contributed by atoms with Crippen molar-refractivity contribution in [3.8, 4) is 5.82 Å². The second kappa shape index (κ2) is 9.64. The van der Waals surface area contributed by atoms with Crippen molar-refractivity contribution in [1.29, 1.82) is 0 Å². The van der Waals surface area contributed by atoms with Crippen LogP contribution in [0.3, 0.4) is 0 Å². The van der Waals surface area contributed by atoms with E-state index in [-0.39, 0.29) is 17.2 Å². The fourth-order valence-electron chi connectivity index (χ4n) is 4.06. The average molecular weight is 489 g/mol. The van der Waals surface area contributed by atoms with Gasteiger partial charge >= 0.3 is 0 Å². The van der Waals surface area contributed by atoms with Crippen molar-refractivity contribution in [2.24, 2.45) is 0 Å². The van der Waals surface area contributed by atoms with Crippen molar-refractivity contribution in [3.63, 3.8) is 0 Å². The highest BCUT2D eigenvalue weighted by Crippen LogP contribution is 2.37. The number of fused-ring (bicyclic) bond motifs is 2. The van der Waals surface area contributed by atoms with Gasteiger partial charge in [-0.25, -0.2) is 14.5 Å². The molecular formula is C26H24N4O2S2. The van der Waals surface area contributed by atoms with Gasteiger partial charge in [-0.3, -0.25) is 9.59 Å². The first kappa shape index (κ1) is 22.7. The lowest BCUT2D eigenvalue weighted by Gasteiger charge is -2.22. The number of thioether (sulfide) groups is 2. The molecule has 2 aromatic carbocycles. The van der Waals surface area contributed by atoms with Gasteiger partial charge in [-0.05, 0) is 49.2 Å². The van der Waals surface area contributed by atoms with Gasteiger partial charge in [0.1, 0.15) is 5.82 Å². The summed E-state index contributed by atoms with van der Waals surface area (Å²) in [5.74, 6) is 0.703. The van der Waals surface area contributed by atoms with Crippen LogP contribution < -0.4 is 10.5 Å². The van der Waals surface area contributed by atoms with Crippen LogP contribution in [0.25, 0.3) is 16.7 Å². The maximum atomic E-state index is 13.5. The van der Waals surface area contributed by atoms with Crippen LogP contribution in [0.5, 0.6) is 0 Å². The Bertz CT molecular complexity index is 1440. The lowest BCUT2D eigenvalue weighted by atomic mass is 10.2. The third-order valence-corrected chi connectivity index (χ3v) is 7.97. The number of aryl methyl sites for hydroxylation is 1. The van der Waals surface area contributed by atoms with E-state index in [2.05, 4.69) is 18.0 Å². The summed E-state index contributed by atoms with van der Waals surface area (Å²) in [4.78, 5) is 39.1. The van der Waals surface area contributed by atoms with E-state index in [1.165, 1.54) is 16.3 Å². The lowest BCUT2D eigenvalue weighted by molar-refractivity contribution is -0.116. The second-order valence-electron chi connectivity index (χ2n) is 8.21. The minimum absolute atomic E-state index is 0.00106. The molecule has 172 valence electrons. The highest BCUT2D eigenvalue weighted by atomic mass is 32.2. The van der Waals surface area contributed by atoms with Gasteiger partial charge < -0.3 is 4.90 Å². The Balaban J connectivity index is 1.51.